The molecule has 0 radical (unpaired) electrons. The SMILES string of the molecule is Cc1cc(O)ccc1C(=O)N(C)CC1CC(O)C1. The van der Waals surface area contributed by atoms with Crippen LogP contribution in [0, 0.1) is 12.8 Å². The molecule has 0 heterocycles. The Balaban J connectivity index is 2.01. The number of aryl methyl sites for hydroxylation is 1. The number of aliphatic hydroxyl groups excluding tert-OH is 1. The fourth-order valence-electron chi connectivity index (χ4n) is 2.41. The third-order valence-electron chi connectivity index (χ3n) is 3.53. The highest BCUT2D eigenvalue weighted by Gasteiger charge is 2.29. The van der Waals surface area contributed by atoms with E-state index in [1.807, 2.05) is 6.92 Å². The second kappa shape index (κ2) is 4.98. The van der Waals surface area contributed by atoms with E-state index in [9.17, 15) is 15.0 Å². The van der Waals surface area contributed by atoms with Gasteiger partial charge in [0.1, 0.15) is 5.75 Å². The lowest BCUT2D eigenvalue weighted by Crippen LogP contribution is -2.39. The Labute approximate surface area is 107 Å². The standard InChI is InChI=1S/C14H19NO3/c1-9-5-11(16)3-4-13(9)14(18)15(2)8-10-6-12(17)7-10/h3-5,10,12,16-17H,6-8H2,1-2H3. The van der Waals surface area contributed by atoms with Gasteiger partial charge in [-0.25, -0.2) is 0 Å². The third-order valence-corrected chi connectivity index (χ3v) is 3.53. The molecule has 1 aliphatic rings. The van der Waals surface area contributed by atoms with Crippen LogP contribution in [0.4, 0.5) is 0 Å². The van der Waals surface area contributed by atoms with Gasteiger partial charge in [0.05, 0.1) is 6.10 Å². The van der Waals surface area contributed by atoms with Crippen LogP contribution in [0.2, 0.25) is 0 Å². The maximum Gasteiger partial charge on any atom is 0.253 e. The fraction of sp³-hybridized carbons (Fsp3) is 0.500. The van der Waals surface area contributed by atoms with Gasteiger partial charge in [0, 0.05) is 19.2 Å². The molecular formula is C14H19NO3. The van der Waals surface area contributed by atoms with Crippen LogP contribution in [-0.2, 0) is 0 Å². The third kappa shape index (κ3) is 2.64. The van der Waals surface area contributed by atoms with E-state index < -0.39 is 0 Å². The predicted octanol–water partition coefficient (Wildman–Crippen LogP) is 1.54. The van der Waals surface area contributed by atoms with E-state index in [0.717, 1.165) is 18.4 Å². The summed E-state index contributed by atoms with van der Waals surface area (Å²) in [6, 6.07) is 4.77. The average Bonchev–Trinajstić information content (AvgIpc) is 2.26. The van der Waals surface area contributed by atoms with Gasteiger partial charge in [-0.05, 0) is 49.4 Å². The molecule has 1 aliphatic carbocycles. The van der Waals surface area contributed by atoms with Crippen LogP contribution in [0.5, 0.6) is 5.75 Å². The summed E-state index contributed by atoms with van der Waals surface area (Å²) in [5, 5.41) is 18.6. The Morgan fingerprint density at radius 3 is 2.67 bits per heavy atom. The first-order valence-corrected chi connectivity index (χ1v) is 6.20. The number of hydrogen-bond donors (Lipinski definition) is 2. The minimum atomic E-state index is -0.186. The van der Waals surface area contributed by atoms with Gasteiger partial charge in [-0.2, -0.15) is 0 Å². The van der Waals surface area contributed by atoms with Gasteiger partial charge >= 0.3 is 0 Å². The van der Waals surface area contributed by atoms with Crippen molar-refractivity contribution in [1.29, 1.82) is 0 Å². The van der Waals surface area contributed by atoms with Gasteiger partial charge < -0.3 is 15.1 Å². The van der Waals surface area contributed by atoms with Crippen LogP contribution < -0.4 is 0 Å². The minimum absolute atomic E-state index is 0.0334. The highest BCUT2D eigenvalue weighted by Crippen LogP contribution is 2.28. The number of phenols is 1. The van der Waals surface area contributed by atoms with E-state index >= 15 is 0 Å². The maximum atomic E-state index is 12.2. The number of rotatable bonds is 3. The summed E-state index contributed by atoms with van der Waals surface area (Å²) in [5.41, 5.74) is 1.40. The molecule has 2 rings (SSSR count). The molecule has 4 heteroatoms. The molecule has 0 unspecified atom stereocenters. The molecule has 2 N–H and O–H groups in total. The van der Waals surface area contributed by atoms with Gasteiger partial charge in [-0.3, -0.25) is 4.79 Å². The molecule has 1 saturated carbocycles. The van der Waals surface area contributed by atoms with Gasteiger partial charge in [0.15, 0.2) is 0 Å². The van der Waals surface area contributed by atoms with Crippen LogP contribution in [-0.4, -0.2) is 40.7 Å². The van der Waals surface area contributed by atoms with Crippen LogP contribution >= 0.6 is 0 Å². The number of benzene rings is 1. The van der Waals surface area contributed by atoms with Crippen LogP contribution in [0.25, 0.3) is 0 Å². The van der Waals surface area contributed by atoms with Crippen molar-refractivity contribution in [2.24, 2.45) is 5.92 Å². The van der Waals surface area contributed by atoms with Crippen molar-refractivity contribution in [3.05, 3.63) is 29.3 Å². The first-order chi connectivity index (χ1) is 8.47. The Morgan fingerprint density at radius 2 is 2.11 bits per heavy atom. The largest absolute Gasteiger partial charge is 0.508 e. The molecular weight excluding hydrogens is 230 g/mol. The average molecular weight is 249 g/mol. The number of hydrogen-bond acceptors (Lipinski definition) is 3. The molecule has 1 aromatic rings. The summed E-state index contributed by atoms with van der Waals surface area (Å²) in [4.78, 5) is 13.9. The zero-order chi connectivity index (χ0) is 13.3. The number of phenolic OH excluding ortho intramolecular Hbond substituents is 1. The zero-order valence-corrected chi connectivity index (χ0v) is 10.8. The molecule has 0 bridgehead atoms. The van der Waals surface area contributed by atoms with E-state index in [1.165, 1.54) is 6.07 Å². The summed E-state index contributed by atoms with van der Waals surface area (Å²) in [5.74, 6) is 0.550. The van der Waals surface area contributed by atoms with Crippen molar-refractivity contribution in [3.8, 4) is 5.75 Å². The van der Waals surface area contributed by atoms with Crippen molar-refractivity contribution in [3.63, 3.8) is 0 Å². The van der Waals surface area contributed by atoms with E-state index in [0.29, 0.717) is 18.0 Å². The van der Waals surface area contributed by atoms with Gasteiger partial charge in [-0.1, -0.05) is 0 Å². The lowest BCUT2D eigenvalue weighted by Gasteiger charge is -2.34. The second-order valence-corrected chi connectivity index (χ2v) is 5.18. The Morgan fingerprint density at radius 1 is 1.44 bits per heavy atom. The first kappa shape index (κ1) is 12.9. The topological polar surface area (TPSA) is 60.8 Å². The molecule has 98 valence electrons. The quantitative estimate of drug-likeness (QED) is 0.854. The molecule has 4 nitrogen and oxygen atoms in total. The number of amides is 1. The molecule has 1 aromatic carbocycles. The first-order valence-electron chi connectivity index (χ1n) is 6.20. The van der Waals surface area contributed by atoms with Crippen molar-refractivity contribution < 1.29 is 15.0 Å². The number of aliphatic hydroxyl groups is 1. The van der Waals surface area contributed by atoms with Gasteiger partial charge in [-0.15, -0.1) is 0 Å². The monoisotopic (exact) mass is 249 g/mol. The fourth-order valence-corrected chi connectivity index (χ4v) is 2.41. The number of aromatic hydroxyl groups is 1. The van der Waals surface area contributed by atoms with E-state index in [4.69, 9.17) is 0 Å². The lowest BCUT2D eigenvalue weighted by molar-refractivity contribution is 0.0265. The van der Waals surface area contributed by atoms with Crippen molar-refractivity contribution >= 4 is 5.91 Å². The number of nitrogens with zero attached hydrogens (tertiary/aromatic N) is 1. The van der Waals surface area contributed by atoms with Gasteiger partial charge in [0.2, 0.25) is 0 Å². The highest BCUT2D eigenvalue weighted by atomic mass is 16.3. The van der Waals surface area contributed by atoms with Gasteiger partial charge in [0.25, 0.3) is 5.91 Å². The summed E-state index contributed by atoms with van der Waals surface area (Å²) in [6.45, 7) is 2.49. The smallest absolute Gasteiger partial charge is 0.253 e. The van der Waals surface area contributed by atoms with Crippen molar-refractivity contribution in [1.82, 2.24) is 4.90 Å². The summed E-state index contributed by atoms with van der Waals surface area (Å²) in [7, 11) is 1.78. The summed E-state index contributed by atoms with van der Waals surface area (Å²) < 4.78 is 0. The Kier molecular flexibility index (Phi) is 3.57. The molecule has 0 aliphatic heterocycles. The molecule has 0 spiro atoms. The molecule has 0 saturated heterocycles. The maximum absolute atomic E-state index is 12.2. The van der Waals surface area contributed by atoms with Crippen LogP contribution in [0.3, 0.4) is 0 Å². The van der Waals surface area contributed by atoms with Crippen molar-refractivity contribution in [2.45, 2.75) is 25.9 Å². The van der Waals surface area contributed by atoms with Crippen LogP contribution in [0.1, 0.15) is 28.8 Å². The van der Waals surface area contributed by atoms with Crippen molar-refractivity contribution in [2.75, 3.05) is 13.6 Å². The molecule has 18 heavy (non-hydrogen) atoms. The summed E-state index contributed by atoms with van der Waals surface area (Å²) in [6.07, 6.45) is 1.38. The minimum Gasteiger partial charge on any atom is -0.508 e. The normalized spacial score (nSPS) is 22.4. The molecule has 0 aromatic heterocycles. The highest BCUT2D eigenvalue weighted by molar-refractivity contribution is 5.95. The summed E-state index contributed by atoms with van der Waals surface area (Å²) >= 11 is 0. The Bertz CT molecular complexity index is 452. The Hall–Kier alpha value is -1.55. The van der Waals surface area contributed by atoms with E-state index in [-0.39, 0.29) is 17.8 Å². The zero-order valence-electron chi connectivity index (χ0n) is 10.8. The van der Waals surface area contributed by atoms with Crippen LogP contribution in [0.15, 0.2) is 18.2 Å². The molecule has 1 amide bonds. The lowest BCUT2D eigenvalue weighted by atomic mass is 9.82. The van der Waals surface area contributed by atoms with E-state index in [1.54, 1.807) is 24.1 Å². The predicted molar refractivity (Wildman–Crippen MR) is 68.5 cm³/mol. The van der Waals surface area contributed by atoms with E-state index in [2.05, 4.69) is 0 Å². The number of carbonyl (C=O) groups is 1. The second-order valence-electron chi connectivity index (χ2n) is 5.18. The number of carbonyl (C=O) groups excluding carboxylic acids is 1. The molecule has 0 atom stereocenters. The molecule has 1 fully saturated rings.